The van der Waals surface area contributed by atoms with Crippen molar-refractivity contribution in [3.05, 3.63) is 46.3 Å². The largest absolute Gasteiger partial charge is 0.299 e. The standard InChI is InChI=1S/C12H16N4/c13-15-14-12-7-4-8-16(10-12)9-11-5-2-1-3-6-11/h1-3,5-6,12H,4,7-10H2. The number of rotatable bonds is 3. The lowest BCUT2D eigenvalue weighted by molar-refractivity contribution is 0.201. The van der Waals surface area contributed by atoms with Crippen LogP contribution in [0.2, 0.25) is 0 Å². The highest BCUT2D eigenvalue weighted by Crippen LogP contribution is 2.15. The van der Waals surface area contributed by atoms with Gasteiger partial charge in [0.15, 0.2) is 0 Å². The van der Waals surface area contributed by atoms with Crippen molar-refractivity contribution in [3.8, 4) is 0 Å². The van der Waals surface area contributed by atoms with Crippen molar-refractivity contribution in [2.75, 3.05) is 13.1 Å². The first kappa shape index (κ1) is 11.0. The van der Waals surface area contributed by atoms with E-state index in [0.717, 1.165) is 32.5 Å². The molecular formula is C12H16N4. The summed E-state index contributed by atoms with van der Waals surface area (Å²) in [6, 6.07) is 10.6. The Bertz CT molecular complexity index is 370. The van der Waals surface area contributed by atoms with Crippen LogP contribution in [0, 0.1) is 0 Å². The quantitative estimate of drug-likeness (QED) is 0.435. The highest BCUT2D eigenvalue weighted by Gasteiger charge is 2.18. The molecule has 1 aliphatic heterocycles. The zero-order valence-corrected chi connectivity index (χ0v) is 9.29. The Morgan fingerprint density at radius 1 is 1.38 bits per heavy atom. The minimum atomic E-state index is 0.155. The molecule has 1 saturated heterocycles. The third kappa shape index (κ3) is 2.99. The van der Waals surface area contributed by atoms with Crippen molar-refractivity contribution in [3.63, 3.8) is 0 Å². The number of likely N-dealkylation sites (tertiary alicyclic amines) is 1. The van der Waals surface area contributed by atoms with Crippen LogP contribution in [0.5, 0.6) is 0 Å². The number of nitrogens with zero attached hydrogens (tertiary/aromatic N) is 4. The van der Waals surface area contributed by atoms with E-state index in [-0.39, 0.29) is 6.04 Å². The fourth-order valence-corrected chi connectivity index (χ4v) is 2.18. The van der Waals surface area contributed by atoms with Crippen molar-refractivity contribution in [2.24, 2.45) is 5.11 Å². The van der Waals surface area contributed by atoms with E-state index >= 15 is 0 Å². The molecule has 1 heterocycles. The molecule has 0 N–H and O–H groups in total. The fraction of sp³-hybridized carbons (Fsp3) is 0.500. The molecule has 0 aromatic heterocycles. The van der Waals surface area contributed by atoms with Crippen molar-refractivity contribution < 1.29 is 0 Å². The van der Waals surface area contributed by atoms with E-state index in [9.17, 15) is 0 Å². The molecule has 0 aliphatic carbocycles. The first-order valence-corrected chi connectivity index (χ1v) is 5.69. The normalized spacial score (nSPS) is 21.4. The van der Waals surface area contributed by atoms with Gasteiger partial charge in [-0.25, -0.2) is 0 Å². The number of azide groups is 1. The molecule has 0 radical (unpaired) electrons. The molecule has 84 valence electrons. The van der Waals surface area contributed by atoms with Gasteiger partial charge >= 0.3 is 0 Å². The van der Waals surface area contributed by atoms with Crippen LogP contribution in [0.15, 0.2) is 35.4 Å². The van der Waals surface area contributed by atoms with Crippen LogP contribution in [0.1, 0.15) is 18.4 Å². The average molecular weight is 216 g/mol. The second-order valence-corrected chi connectivity index (χ2v) is 4.22. The summed E-state index contributed by atoms with van der Waals surface area (Å²) in [5, 5.41) is 3.81. The summed E-state index contributed by atoms with van der Waals surface area (Å²) in [6.45, 7) is 2.95. The summed E-state index contributed by atoms with van der Waals surface area (Å²) in [6.07, 6.45) is 2.14. The molecule has 1 aliphatic rings. The lowest BCUT2D eigenvalue weighted by Crippen LogP contribution is -2.36. The maximum Gasteiger partial charge on any atom is 0.0501 e. The summed E-state index contributed by atoms with van der Waals surface area (Å²) in [5.74, 6) is 0. The molecule has 4 heteroatoms. The maximum atomic E-state index is 8.43. The molecule has 1 atom stereocenters. The molecular weight excluding hydrogens is 200 g/mol. The third-order valence-electron chi connectivity index (χ3n) is 2.94. The minimum absolute atomic E-state index is 0.155. The minimum Gasteiger partial charge on any atom is -0.299 e. The molecule has 1 aromatic carbocycles. The van der Waals surface area contributed by atoms with E-state index in [2.05, 4.69) is 39.2 Å². The zero-order valence-electron chi connectivity index (χ0n) is 9.29. The van der Waals surface area contributed by atoms with Crippen LogP contribution in [0.3, 0.4) is 0 Å². The molecule has 0 amide bonds. The second-order valence-electron chi connectivity index (χ2n) is 4.22. The Balaban J connectivity index is 1.93. The van der Waals surface area contributed by atoms with Crippen LogP contribution in [0.25, 0.3) is 10.4 Å². The lowest BCUT2D eigenvalue weighted by atomic mass is 10.1. The van der Waals surface area contributed by atoms with Crippen LogP contribution in [-0.4, -0.2) is 24.0 Å². The van der Waals surface area contributed by atoms with Crippen LogP contribution in [0.4, 0.5) is 0 Å². The van der Waals surface area contributed by atoms with E-state index in [1.54, 1.807) is 0 Å². The summed E-state index contributed by atoms with van der Waals surface area (Å²) >= 11 is 0. The number of piperidine rings is 1. The van der Waals surface area contributed by atoms with E-state index in [0.29, 0.717) is 0 Å². The van der Waals surface area contributed by atoms with Gasteiger partial charge in [0.05, 0.1) is 6.04 Å². The van der Waals surface area contributed by atoms with E-state index in [1.807, 2.05) is 6.07 Å². The first-order chi connectivity index (χ1) is 7.88. The molecule has 4 nitrogen and oxygen atoms in total. The van der Waals surface area contributed by atoms with Crippen molar-refractivity contribution in [1.82, 2.24) is 4.90 Å². The zero-order chi connectivity index (χ0) is 11.2. The molecule has 1 fully saturated rings. The van der Waals surface area contributed by atoms with Crippen molar-refractivity contribution in [2.45, 2.75) is 25.4 Å². The maximum absolute atomic E-state index is 8.43. The molecule has 0 spiro atoms. The molecule has 1 unspecified atom stereocenters. The molecule has 0 saturated carbocycles. The Kier molecular flexibility index (Phi) is 3.81. The van der Waals surface area contributed by atoms with Crippen LogP contribution < -0.4 is 0 Å². The van der Waals surface area contributed by atoms with Gasteiger partial charge in [0.1, 0.15) is 0 Å². The molecule has 2 rings (SSSR count). The number of hydrogen-bond acceptors (Lipinski definition) is 2. The van der Waals surface area contributed by atoms with Gasteiger partial charge in [0.25, 0.3) is 0 Å². The van der Waals surface area contributed by atoms with Crippen molar-refractivity contribution >= 4 is 0 Å². The van der Waals surface area contributed by atoms with E-state index in [4.69, 9.17) is 5.53 Å². The number of hydrogen-bond donors (Lipinski definition) is 0. The highest BCUT2D eigenvalue weighted by molar-refractivity contribution is 5.14. The van der Waals surface area contributed by atoms with Crippen LogP contribution >= 0.6 is 0 Å². The highest BCUT2D eigenvalue weighted by atomic mass is 15.2. The predicted molar refractivity (Wildman–Crippen MR) is 63.9 cm³/mol. The van der Waals surface area contributed by atoms with Crippen molar-refractivity contribution in [1.29, 1.82) is 0 Å². The first-order valence-electron chi connectivity index (χ1n) is 5.69. The average Bonchev–Trinajstić information content (AvgIpc) is 2.31. The SMILES string of the molecule is [N-]=[N+]=NC1CCCN(Cc2ccccc2)C1. The summed E-state index contributed by atoms with van der Waals surface area (Å²) in [5.41, 5.74) is 9.76. The van der Waals surface area contributed by atoms with Gasteiger partial charge in [0, 0.05) is 18.0 Å². The summed E-state index contributed by atoms with van der Waals surface area (Å²) in [7, 11) is 0. The van der Waals surface area contributed by atoms with Gasteiger partial charge in [0.2, 0.25) is 0 Å². The van der Waals surface area contributed by atoms with Gasteiger partial charge < -0.3 is 0 Å². The number of benzene rings is 1. The Hall–Kier alpha value is -1.51. The van der Waals surface area contributed by atoms with E-state index in [1.165, 1.54) is 5.56 Å². The van der Waals surface area contributed by atoms with Gasteiger partial charge in [-0.1, -0.05) is 35.4 Å². The second kappa shape index (κ2) is 5.54. The van der Waals surface area contributed by atoms with Gasteiger partial charge in [-0.15, -0.1) is 0 Å². The molecule has 0 bridgehead atoms. The van der Waals surface area contributed by atoms with E-state index < -0.39 is 0 Å². The van der Waals surface area contributed by atoms with Gasteiger partial charge in [-0.3, -0.25) is 4.90 Å². The fourth-order valence-electron chi connectivity index (χ4n) is 2.18. The smallest absolute Gasteiger partial charge is 0.0501 e. The lowest BCUT2D eigenvalue weighted by Gasteiger charge is -2.30. The third-order valence-corrected chi connectivity index (χ3v) is 2.94. The topological polar surface area (TPSA) is 52.0 Å². The Labute approximate surface area is 95.5 Å². The summed E-state index contributed by atoms with van der Waals surface area (Å²) < 4.78 is 0. The van der Waals surface area contributed by atoms with Gasteiger partial charge in [-0.05, 0) is 30.5 Å². The molecule has 16 heavy (non-hydrogen) atoms. The molecule has 1 aromatic rings. The summed E-state index contributed by atoms with van der Waals surface area (Å²) in [4.78, 5) is 5.26. The monoisotopic (exact) mass is 216 g/mol. The van der Waals surface area contributed by atoms with Gasteiger partial charge in [-0.2, -0.15) is 0 Å². The Morgan fingerprint density at radius 3 is 2.94 bits per heavy atom. The van der Waals surface area contributed by atoms with Crippen LogP contribution in [-0.2, 0) is 6.54 Å². The Morgan fingerprint density at radius 2 is 2.19 bits per heavy atom. The predicted octanol–water partition coefficient (Wildman–Crippen LogP) is 2.96.